The van der Waals surface area contributed by atoms with Crippen LogP contribution in [-0.4, -0.2) is 46.7 Å². The van der Waals surface area contributed by atoms with Crippen LogP contribution in [0.25, 0.3) is 0 Å². The molecule has 0 amide bonds. The van der Waals surface area contributed by atoms with Gasteiger partial charge in [0, 0.05) is 37.7 Å². The highest BCUT2D eigenvalue weighted by molar-refractivity contribution is 8.00. The van der Waals surface area contributed by atoms with E-state index in [1.54, 1.807) is 0 Å². The van der Waals surface area contributed by atoms with Gasteiger partial charge in [0.1, 0.15) is 0 Å². The van der Waals surface area contributed by atoms with Gasteiger partial charge in [-0.1, -0.05) is 12.1 Å². The van der Waals surface area contributed by atoms with E-state index in [2.05, 4.69) is 5.16 Å². The summed E-state index contributed by atoms with van der Waals surface area (Å²) in [5.41, 5.74) is -3.40. The fourth-order valence-electron chi connectivity index (χ4n) is 1.75. The van der Waals surface area contributed by atoms with E-state index in [1.165, 1.54) is 0 Å². The molecule has 1 saturated heterocycles. The third-order valence-corrected chi connectivity index (χ3v) is 3.30. The summed E-state index contributed by atoms with van der Waals surface area (Å²) in [5, 5.41) is 11.8. The van der Waals surface area contributed by atoms with E-state index in [9.17, 15) is 13.2 Å². The number of thioether (sulfide) groups is 1. The Morgan fingerprint density at radius 2 is 2.25 bits per heavy atom. The summed E-state index contributed by atoms with van der Waals surface area (Å²) in [4.78, 5) is 1.97. The van der Waals surface area contributed by atoms with E-state index in [1.807, 2.05) is 11.8 Å². The van der Waals surface area contributed by atoms with Crippen molar-refractivity contribution >= 4 is 17.5 Å². The van der Waals surface area contributed by atoms with Crippen LogP contribution in [0.4, 0.5) is 13.2 Å². The number of likely N-dealkylation sites (tertiary alicyclic amines) is 1. The zero-order valence-electron chi connectivity index (χ0n) is 9.00. The van der Waals surface area contributed by atoms with Gasteiger partial charge in [0.15, 0.2) is 0 Å². The van der Waals surface area contributed by atoms with Crippen molar-refractivity contribution in [1.29, 1.82) is 0 Å². The van der Waals surface area contributed by atoms with E-state index in [0.717, 1.165) is 5.71 Å². The SMILES string of the molecule is CC1CN(CCSC(F)(F)F)CCC1=NO. The largest absolute Gasteiger partial charge is 0.441 e. The van der Waals surface area contributed by atoms with Crippen LogP contribution in [0.2, 0.25) is 0 Å². The molecule has 0 aromatic rings. The predicted octanol–water partition coefficient (Wildman–Crippen LogP) is 2.41. The second kappa shape index (κ2) is 5.77. The Balaban J connectivity index is 2.26. The highest BCUT2D eigenvalue weighted by Crippen LogP contribution is 2.30. The zero-order valence-corrected chi connectivity index (χ0v) is 9.81. The number of alkyl halides is 3. The van der Waals surface area contributed by atoms with Gasteiger partial charge in [-0.3, -0.25) is 0 Å². The highest BCUT2D eigenvalue weighted by atomic mass is 32.2. The first-order valence-corrected chi connectivity index (χ1v) is 6.05. The third kappa shape index (κ3) is 4.61. The number of rotatable bonds is 3. The van der Waals surface area contributed by atoms with E-state index in [0.29, 0.717) is 26.1 Å². The molecule has 1 aliphatic heterocycles. The fraction of sp³-hybridized carbons (Fsp3) is 0.889. The molecule has 94 valence electrons. The van der Waals surface area contributed by atoms with Gasteiger partial charge in [-0.15, -0.1) is 0 Å². The average molecular weight is 256 g/mol. The van der Waals surface area contributed by atoms with Gasteiger partial charge in [-0.2, -0.15) is 13.2 Å². The Labute approximate surface area is 96.7 Å². The second-order valence-electron chi connectivity index (χ2n) is 3.84. The molecular formula is C9H15F3N2OS. The molecule has 1 rings (SSSR count). The van der Waals surface area contributed by atoms with Gasteiger partial charge in [0.25, 0.3) is 0 Å². The maximum Gasteiger partial charge on any atom is 0.441 e. The van der Waals surface area contributed by atoms with Crippen molar-refractivity contribution in [1.82, 2.24) is 4.90 Å². The Kier molecular flexibility index (Phi) is 4.91. The fourth-order valence-corrected chi connectivity index (χ4v) is 2.33. The maximum atomic E-state index is 11.9. The van der Waals surface area contributed by atoms with E-state index in [4.69, 9.17) is 5.21 Å². The molecule has 0 bridgehead atoms. The van der Waals surface area contributed by atoms with Crippen LogP contribution in [0.15, 0.2) is 5.16 Å². The monoisotopic (exact) mass is 256 g/mol. The molecule has 0 aromatic heterocycles. The molecule has 16 heavy (non-hydrogen) atoms. The highest BCUT2D eigenvalue weighted by Gasteiger charge is 2.29. The lowest BCUT2D eigenvalue weighted by atomic mass is 9.98. The van der Waals surface area contributed by atoms with E-state index in [-0.39, 0.29) is 23.4 Å². The molecule has 1 heterocycles. The van der Waals surface area contributed by atoms with Crippen LogP contribution < -0.4 is 0 Å². The molecule has 0 saturated carbocycles. The van der Waals surface area contributed by atoms with Crippen molar-refractivity contribution in [2.75, 3.05) is 25.4 Å². The standard InChI is InChI=1S/C9H15F3N2OS/c1-7-6-14(3-2-8(7)13-15)4-5-16-9(10,11)12/h7,15H,2-6H2,1H3. The summed E-state index contributed by atoms with van der Waals surface area (Å²) >= 11 is 0.0137. The van der Waals surface area contributed by atoms with Crippen molar-refractivity contribution < 1.29 is 18.4 Å². The molecule has 0 aliphatic carbocycles. The van der Waals surface area contributed by atoms with Gasteiger partial charge in [-0.25, -0.2) is 0 Å². The van der Waals surface area contributed by atoms with Gasteiger partial charge in [-0.05, 0) is 11.8 Å². The Bertz CT molecular complexity index is 258. The minimum atomic E-state index is -4.14. The van der Waals surface area contributed by atoms with Crippen LogP contribution >= 0.6 is 11.8 Å². The first kappa shape index (κ1) is 13.6. The molecule has 0 radical (unpaired) electrons. The van der Waals surface area contributed by atoms with E-state index >= 15 is 0 Å². The number of hydrogen-bond acceptors (Lipinski definition) is 4. The lowest BCUT2D eigenvalue weighted by Crippen LogP contribution is -2.40. The smallest absolute Gasteiger partial charge is 0.411 e. The van der Waals surface area contributed by atoms with Gasteiger partial charge < -0.3 is 10.1 Å². The van der Waals surface area contributed by atoms with Crippen molar-refractivity contribution in [2.24, 2.45) is 11.1 Å². The minimum Gasteiger partial charge on any atom is -0.411 e. The van der Waals surface area contributed by atoms with Crippen LogP contribution in [0, 0.1) is 5.92 Å². The lowest BCUT2D eigenvalue weighted by molar-refractivity contribution is -0.0328. The lowest BCUT2D eigenvalue weighted by Gasteiger charge is -2.31. The Morgan fingerprint density at radius 1 is 1.56 bits per heavy atom. The molecule has 0 aromatic carbocycles. The molecule has 7 heteroatoms. The first-order valence-electron chi connectivity index (χ1n) is 5.06. The maximum absolute atomic E-state index is 11.9. The molecule has 0 spiro atoms. The Hall–Kier alpha value is -0.430. The number of oxime groups is 1. The summed E-state index contributed by atoms with van der Waals surface area (Å²) in [5.74, 6) is 0.177. The molecule has 1 atom stereocenters. The second-order valence-corrected chi connectivity index (χ2v) is 5.00. The summed E-state index contributed by atoms with van der Waals surface area (Å²) in [6.45, 7) is 3.67. The van der Waals surface area contributed by atoms with Crippen molar-refractivity contribution in [3.05, 3.63) is 0 Å². The zero-order chi connectivity index (χ0) is 12.2. The molecule has 3 nitrogen and oxygen atoms in total. The number of hydrogen-bond donors (Lipinski definition) is 1. The van der Waals surface area contributed by atoms with Crippen molar-refractivity contribution in [2.45, 2.75) is 18.9 Å². The topological polar surface area (TPSA) is 35.8 Å². The van der Waals surface area contributed by atoms with Crippen LogP contribution in [0.5, 0.6) is 0 Å². The molecule has 1 N–H and O–H groups in total. The van der Waals surface area contributed by atoms with Crippen LogP contribution in [-0.2, 0) is 0 Å². The Morgan fingerprint density at radius 3 is 2.75 bits per heavy atom. The summed E-state index contributed by atoms with van der Waals surface area (Å²) in [7, 11) is 0. The molecular weight excluding hydrogens is 241 g/mol. The van der Waals surface area contributed by atoms with Crippen molar-refractivity contribution in [3.63, 3.8) is 0 Å². The minimum absolute atomic E-state index is 0.0137. The average Bonchev–Trinajstić information content (AvgIpc) is 2.16. The number of halogens is 3. The first-order chi connectivity index (χ1) is 7.42. The third-order valence-electron chi connectivity index (χ3n) is 2.59. The summed E-state index contributed by atoms with van der Waals surface area (Å²) in [6, 6.07) is 0. The summed E-state index contributed by atoms with van der Waals surface area (Å²) < 4.78 is 35.7. The van der Waals surface area contributed by atoms with Gasteiger partial charge in [0.05, 0.1) is 5.71 Å². The van der Waals surface area contributed by atoms with E-state index < -0.39 is 5.51 Å². The molecule has 1 fully saturated rings. The number of piperidine rings is 1. The molecule has 1 aliphatic rings. The van der Waals surface area contributed by atoms with Crippen molar-refractivity contribution in [3.8, 4) is 0 Å². The quantitative estimate of drug-likeness (QED) is 0.622. The summed E-state index contributed by atoms with van der Waals surface area (Å²) in [6.07, 6.45) is 0.633. The van der Waals surface area contributed by atoms with Crippen LogP contribution in [0.3, 0.4) is 0 Å². The van der Waals surface area contributed by atoms with Crippen LogP contribution in [0.1, 0.15) is 13.3 Å². The normalized spacial score (nSPS) is 26.2. The predicted molar refractivity (Wildman–Crippen MR) is 58.0 cm³/mol. The number of nitrogens with zero attached hydrogens (tertiary/aromatic N) is 2. The van der Waals surface area contributed by atoms with Gasteiger partial charge in [0.2, 0.25) is 0 Å². The molecule has 1 unspecified atom stereocenters. The van der Waals surface area contributed by atoms with Gasteiger partial charge >= 0.3 is 5.51 Å².